The normalized spacial score (nSPS) is 18.5. The van der Waals surface area contributed by atoms with Crippen LogP contribution >= 0.6 is 23.1 Å². The summed E-state index contributed by atoms with van der Waals surface area (Å²) < 4.78 is 12.6. The Morgan fingerprint density at radius 3 is 2.71 bits per heavy atom. The smallest absolute Gasteiger partial charge is 0.301 e. The number of aromatic nitrogens is 2. The second-order valence-electron chi connectivity index (χ2n) is 12.5. The van der Waals surface area contributed by atoms with Crippen LogP contribution < -0.4 is 14.4 Å². The molecule has 7 rings (SSSR count). The van der Waals surface area contributed by atoms with Crippen molar-refractivity contribution in [1.82, 2.24) is 10.2 Å². The molecule has 3 heterocycles. The quantitative estimate of drug-likeness (QED) is 0.0518. The van der Waals surface area contributed by atoms with Crippen LogP contribution in [0.4, 0.5) is 5.13 Å². The molecule has 8 nitrogen and oxygen atoms in total. The first-order valence-corrected chi connectivity index (χ1v) is 17.8. The summed E-state index contributed by atoms with van der Waals surface area (Å²) in [4.78, 5) is 29.0. The number of carbonyl (C=O) groups excluding carboxylic acids is 2. The molecule has 1 aromatic heterocycles. The van der Waals surface area contributed by atoms with E-state index in [0.717, 1.165) is 23.1 Å². The molecule has 244 valence electrons. The van der Waals surface area contributed by atoms with Gasteiger partial charge in [-0.2, -0.15) is 0 Å². The molecule has 2 atom stereocenters. The van der Waals surface area contributed by atoms with Crippen LogP contribution in [0.1, 0.15) is 55.5 Å². The molecule has 1 fully saturated rings. The van der Waals surface area contributed by atoms with E-state index < -0.39 is 17.7 Å². The summed E-state index contributed by atoms with van der Waals surface area (Å²) in [6.07, 6.45) is 1.59. The highest BCUT2D eigenvalue weighted by Crippen LogP contribution is 2.45. The van der Waals surface area contributed by atoms with E-state index in [1.165, 1.54) is 38.9 Å². The summed E-state index contributed by atoms with van der Waals surface area (Å²) in [7, 11) is 0. The maximum Gasteiger partial charge on any atom is 0.301 e. The van der Waals surface area contributed by atoms with Crippen LogP contribution in [0.3, 0.4) is 0 Å². The van der Waals surface area contributed by atoms with Crippen molar-refractivity contribution in [3.63, 3.8) is 0 Å². The molecular formula is C38H35N3O5S2. The van der Waals surface area contributed by atoms with Gasteiger partial charge in [0.25, 0.3) is 5.78 Å². The predicted octanol–water partition coefficient (Wildman–Crippen LogP) is 8.36. The first-order chi connectivity index (χ1) is 23.3. The van der Waals surface area contributed by atoms with Crippen LogP contribution in [-0.4, -0.2) is 39.7 Å². The van der Waals surface area contributed by atoms with Crippen molar-refractivity contribution in [2.24, 2.45) is 5.92 Å². The largest absolute Gasteiger partial charge is 0.507 e. The molecule has 48 heavy (non-hydrogen) atoms. The number of hydrogen-bond acceptors (Lipinski definition) is 9. The summed E-state index contributed by atoms with van der Waals surface area (Å²) in [5, 5.41) is 23.2. The molecule has 0 unspecified atom stereocenters. The Bertz CT molecular complexity index is 2050. The highest BCUT2D eigenvalue weighted by Gasteiger charge is 2.48. The number of carbonyl (C=O) groups is 2. The number of benzene rings is 4. The molecule has 0 saturated carbocycles. The Kier molecular flexibility index (Phi) is 8.94. The zero-order chi connectivity index (χ0) is 33.4. The van der Waals surface area contributed by atoms with E-state index in [1.807, 2.05) is 55.5 Å². The van der Waals surface area contributed by atoms with Crippen molar-refractivity contribution in [3.8, 4) is 11.5 Å². The van der Waals surface area contributed by atoms with Gasteiger partial charge in [-0.25, -0.2) is 0 Å². The molecule has 10 heteroatoms. The summed E-state index contributed by atoms with van der Waals surface area (Å²) in [6, 6.07) is 26.2. The van der Waals surface area contributed by atoms with E-state index in [0.29, 0.717) is 45.9 Å². The van der Waals surface area contributed by atoms with Crippen molar-refractivity contribution in [1.29, 1.82) is 0 Å². The van der Waals surface area contributed by atoms with Gasteiger partial charge < -0.3 is 14.6 Å². The van der Waals surface area contributed by atoms with E-state index in [1.54, 1.807) is 12.1 Å². The second kappa shape index (κ2) is 13.4. The van der Waals surface area contributed by atoms with Crippen LogP contribution in [0.15, 0.2) is 94.8 Å². The van der Waals surface area contributed by atoms with Crippen molar-refractivity contribution >= 4 is 56.5 Å². The van der Waals surface area contributed by atoms with Gasteiger partial charge in [0.05, 0.1) is 18.2 Å². The minimum Gasteiger partial charge on any atom is -0.507 e. The lowest BCUT2D eigenvalue weighted by molar-refractivity contribution is -0.132. The Labute approximate surface area is 287 Å². The maximum absolute atomic E-state index is 13.8. The van der Waals surface area contributed by atoms with Gasteiger partial charge in [0.2, 0.25) is 5.13 Å². The van der Waals surface area contributed by atoms with Crippen LogP contribution in [0.5, 0.6) is 11.5 Å². The highest BCUT2D eigenvalue weighted by atomic mass is 32.2. The standard InChI is InChI=1S/C38H35N3O5S2/c1-22(2)16-17-45-29-12-7-10-25(20-29)33-32(34(42)26-14-15-31-28(19-26)18-23(3)46-31)35(43)36(44)41(33)37-39-40-38(48-37)47-21-27-11-6-9-24-8-4-5-13-30(24)27/h4-15,19-20,22-23,33,42H,16-18,21H2,1-3H3/b34-32+/t23-,33-/m0/s1. The summed E-state index contributed by atoms with van der Waals surface area (Å²) in [6.45, 7) is 6.79. The average Bonchev–Trinajstić information content (AvgIpc) is 3.78. The third-order valence-electron chi connectivity index (χ3n) is 8.58. The molecule has 0 aliphatic carbocycles. The molecular weight excluding hydrogens is 643 g/mol. The highest BCUT2D eigenvalue weighted by molar-refractivity contribution is 8.00. The topological polar surface area (TPSA) is 102 Å². The zero-order valence-electron chi connectivity index (χ0n) is 26.9. The van der Waals surface area contributed by atoms with Gasteiger partial charge in [0.15, 0.2) is 4.34 Å². The minimum absolute atomic E-state index is 0.00796. The lowest BCUT2D eigenvalue weighted by Gasteiger charge is -2.23. The number of Topliss-reactive ketones (excluding diaryl/α,β-unsaturated/α-hetero) is 1. The van der Waals surface area contributed by atoms with E-state index in [2.05, 4.69) is 48.3 Å². The van der Waals surface area contributed by atoms with Crippen molar-refractivity contribution < 1.29 is 24.2 Å². The lowest BCUT2D eigenvalue weighted by Crippen LogP contribution is -2.29. The molecule has 2 aliphatic rings. The summed E-state index contributed by atoms with van der Waals surface area (Å²) in [5.41, 5.74) is 3.17. The molecule has 5 aromatic rings. The number of aliphatic hydroxyl groups is 1. The molecule has 4 aromatic carbocycles. The first kappa shape index (κ1) is 31.9. The fourth-order valence-corrected chi connectivity index (χ4v) is 8.04. The second-order valence-corrected chi connectivity index (χ2v) is 14.7. The van der Waals surface area contributed by atoms with Gasteiger partial charge in [0.1, 0.15) is 23.4 Å². The Morgan fingerprint density at radius 1 is 1.04 bits per heavy atom. The fraction of sp³-hybridized carbons (Fsp3) is 0.263. The van der Waals surface area contributed by atoms with Crippen LogP contribution in [0.2, 0.25) is 0 Å². The van der Waals surface area contributed by atoms with E-state index in [4.69, 9.17) is 9.47 Å². The molecule has 0 spiro atoms. The van der Waals surface area contributed by atoms with Crippen molar-refractivity contribution in [2.75, 3.05) is 11.5 Å². The van der Waals surface area contributed by atoms with Gasteiger partial charge >= 0.3 is 5.91 Å². The summed E-state index contributed by atoms with van der Waals surface area (Å²) in [5.74, 6) is 0.710. The number of ether oxygens (including phenoxy) is 2. The molecule has 0 bridgehead atoms. The van der Waals surface area contributed by atoms with Gasteiger partial charge in [-0.15, -0.1) is 10.2 Å². The number of fused-ring (bicyclic) bond motifs is 2. The lowest BCUT2D eigenvalue weighted by atomic mass is 9.94. The molecule has 1 amide bonds. The number of thioether (sulfide) groups is 1. The van der Waals surface area contributed by atoms with E-state index in [-0.39, 0.29) is 22.6 Å². The number of nitrogens with zero attached hydrogens (tertiary/aromatic N) is 3. The van der Waals surface area contributed by atoms with Gasteiger partial charge in [-0.1, -0.05) is 91.5 Å². The van der Waals surface area contributed by atoms with E-state index >= 15 is 0 Å². The van der Waals surface area contributed by atoms with Crippen LogP contribution in [0.25, 0.3) is 16.5 Å². The number of ketones is 1. The third kappa shape index (κ3) is 6.30. The number of hydrogen-bond donors (Lipinski definition) is 1. The van der Waals surface area contributed by atoms with Crippen LogP contribution in [-0.2, 0) is 21.8 Å². The minimum atomic E-state index is -0.939. The zero-order valence-corrected chi connectivity index (χ0v) is 28.5. The first-order valence-electron chi connectivity index (χ1n) is 16.0. The maximum atomic E-state index is 13.8. The average molecular weight is 678 g/mol. The monoisotopic (exact) mass is 677 g/mol. The van der Waals surface area contributed by atoms with Crippen molar-refractivity contribution in [2.45, 2.75) is 55.9 Å². The predicted molar refractivity (Wildman–Crippen MR) is 190 cm³/mol. The third-order valence-corrected chi connectivity index (χ3v) is 10.7. The molecule has 2 aliphatic heterocycles. The molecule has 1 N–H and O–H groups in total. The Hall–Kier alpha value is -4.67. The van der Waals surface area contributed by atoms with Gasteiger partial charge in [-0.05, 0) is 77.1 Å². The van der Waals surface area contributed by atoms with E-state index in [9.17, 15) is 14.7 Å². The summed E-state index contributed by atoms with van der Waals surface area (Å²) >= 11 is 2.77. The van der Waals surface area contributed by atoms with Crippen molar-refractivity contribution in [3.05, 3.63) is 113 Å². The van der Waals surface area contributed by atoms with Gasteiger partial charge in [-0.3, -0.25) is 14.5 Å². The SMILES string of the molecule is CC(C)CCOc1cccc([C@H]2/C(=C(\O)c3ccc4c(c3)C[C@H](C)O4)C(=O)C(=O)N2c2nnc(SCc3cccc4ccccc34)s2)c1. The number of rotatable bonds is 10. The van der Waals surface area contributed by atoms with Crippen LogP contribution in [0, 0.1) is 5.92 Å². The number of amides is 1. The van der Waals surface area contributed by atoms with Gasteiger partial charge in [0, 0.05) is 17.7 Å². The Morgan fingerprint density at radius 2 is 1.85 bits per heavy atom. The fourth-order valence-electron chi connectivity index (χ4n) is 6.17. The molecule has 0 radical (unpaired) electrons. The number of anilines is 1. The Balaban J connectivity index is 1.25. The number of aliphatic hydroxyl groups excluding tert-OH is 1. The molecule has 1 saturated heterocycles.